The van der Waals surface area contributed by atoms with Crippen LogP contribution in [0.4, 0.5) is 0 Å². The topological polar surface area (TPSA) is 29.3 Å². The Hall–Kier alpha value is -0.0800. The molecule has 0 heterocycles. The first kappa shape index (κ1) is 6.92. The molecular formula is C5H13N2. The van der Waals surface area contributed by atoms with Crippen molar-refractivity contribution in [1.29, 1.82) is 0 Å². The van der Waals surface area contributed by atoms with Gasteiger partial charge in [-0.05, 0) is 20.5 Å². The molecule has 0 rings (SSSR count). The van der Waals surface area contributed by atoms with Crippen LogP contribution < -0.4 is 5.73 Å². The average molecular weight is 101 g/mol. The first-order valence-corrected chi connectivity index (χ1v) is 2.47. The predicted molar refractivity (Wildman–Crippen MR) is 31.4 cm³/mol. The van der Waals surface area contributed by atoms with Crippen molar-refractivity contribution in [3.8, 4) is 0 Å². The number of nitrogens with two attached hydrogens (primary N) is 1. The van der Waals surface area contributed by atoms with Crippen molar-refractivity contribution in [2.45, 2.75) is 13.3 Å². The van der Waals surface area contributed by atoms with E-state index in [4.69, 9.17) is 5.73 Å². The molecule has 0 aromatic carbocycles. The molecule has 0 aromatic heterocycles. The van der Waals surface area contributed by atoms with E-state index in [-0.39, 0.29) is 0 Å². The quantitative estimate of drug-likeness (QED) is 0.545. The molecule has 2 nitrogen and oxygen atoms in total. The van der Waals surface area contributed by atoms with Gasteiger partial charge in [0, 0.05) is 0 Å². The number of hydrogen-bond acceptors (Lipinski definition) is 2. The summed E-state index contributed by atoms with van der Waals surface area (Å²) in [5, 5.41) is 0. The van der Waals surface area contributed by atoms with Crippen LogP contribution in [-0.2, 0) is 0 Å². The maximum absolute atomic E-state index is 5.46. The Bertz CT molecular complexity index is 43.3. The molecule has 0 spiro atoms. The van der Waals surface area contributed by atoms with Crippen LogP contribution in [0.1, 0.15) is 13.3 Å². The van der Waals surface area contributed by atoms with Gasteiger partial charge in [-0.1, -0.05) is 6.92 Å². The van der Waals surface area contributed by atoms with E-state index in [1.54, 1.807) is 0 Å². The maximum atomic E-state index is 5.46. The summed E-state index contributed by atoms with van der Waals surface area (Å²) in [6.07, 6.45) is 1.87. The fraction of sp³-hybridized carbons (Fsp3) is 0.800. The van der Waals surface area contributed by atoms with Crippen LogP contribution in [0, 0.1) is 6.17 Å². The van der Waals surface area contributed by atoms with Crippen molar-refractivity contribution in [3.63, 3.8) is 0 Å². The minimum Gasteiger partial charge on any atom is -0.310 e. The van der Waals surface area contributed by atoms with Gasteiger partial charge in [-0.15, -0.1) is 0 Å². The zero-order valence-corrected chi connectivity index (χ0v) is 5.23. The van der Waals surface area contributed by atoms with E-state index in [0.29, 0.717) is 0 Å². The van der Waals surface area contributed by atoms with E-state index in [1.165, 1.54) is 0 Å². The fourth-order valence-corrected chi connectivity index (χ4v) is 0.316. The van der Waals surface area contributed by atoms with E-state index in [1.807, 2.05) is 25.9 Å². The van der Waals surface area contributed by atoms with Gasteiger partial charge in [0.1, 0.15) is 6.17 Å². The summed E-state index contributed by atoms with van der Waals surface area (Å²) in [5.74, 6) is 0. The molecule has 0 aliphatic heterocycles. The molecule has 0 unspecified atom stereocenters. The lowest BCUT2D eigenvalue weighted by molar-refractivity contribution is 0.400. The Morgan fingerprint density at radius 2 is 2.00 bits per heavy atom. The van der Waals surface area contributed by atoms with Crippen molar-refractivity contribution in [2.75, 3.05) is 14.1 Å². The summed E-state index contributed by atoms with van der Waals surface area (Å²) >= 11 is 0. The van der Waals surface area contributed by atoms with Crippen molar-refractivity contribution < 1.29 is 0 Å². The lowest BCUT2D eigenvalue weighted by atomic mass is 10.4. The maximum Gasteiger partial charge on any atom is 0.100 e. The third-order valence-electron chi connectivity index (χ3n) is 0.937. The van der Waals surface area contributed by atoms with E-state index < -0.39 is 0 Å². The first-order chi connectivity index (χ1) is 3.18. The van der Waals surface area contributed by atoms with Gasteiger partial charge in [0.2, 0.25) is 0 Å². The van der Waals surface area contributed by atoms with Gasteiger partial charge in [-0.2, -0.15) is 0 Å². The normalized spacial score (nSPS) is 11.1. The van der Waals surface area contributed by atoms with Gasteiger partial charge >= 0.3 is 0 Å². The fourth-order valence-electron chi connectivity index (χ4n) is 0.316. The molecule has 0 saturated heterocycles. The number of rotatable bonds is 2. The van der Waals surface area contributed by atoms with Gasteiger partial charge in [0.15, 0.2) is 0 Å². The van der Waals surface area contributed by atoms with Gasteiger partial charge < -0.3 is 5.73 Å². The highest BCUT2D eigenvalue weighted by molar-refractivity contribution is 4.74. The number of hydrogen-bond donors (Lipinski definition) is 1. The number of nitrogens with zero attached hydrogens (tertiary/aromatic N) is 1. The van der Waals surface area contributed by atoms with Crippen LogP contribution in [0.15, 0.2) is 0 Å². The van der Waals surface area contributed by atoms with Gasteiger partial charge in [0.25, 0.3) is 0 Å². The molecule has 2 heteroatoms. The van der Waals surface area contributed by atoms with E-state index in [2.05, 4.69) is 0 Å². The molecule has 0 amide bonds. The van der Waals surface area contributed by atoms with Crippen molar-refractivity contribution in [1.82, 2.24) is 4.90 Å². The van der Waals surface area contributed by atoms with E-state index in [9.17, 15) is 0 Å². The van der Waals surface area contributed by atoms with Crippen molar-refractivity contribution >= 4 is 0 Å². The molecular weight excluding hydrogens is 88.1 g/mol. The molecule has 0 fully saturated rings. The van der Waals surface area contributed by atoms with Gasteiger partial charge in [0.05, 0.1) is 0 Å². The van der Waals surface area contributed by atoms with Crippen molar-refractivity contribution in [3.05, 3.63) is 6.17 Å². The summed E-state index contributed by atoms with van der Waals surface area (Å²) in [6.45, 7) is 2.04. The summed E-state index contributed by atoms with van der Waals surface area (Å²) in [6, 6.07) is 0. The van der Waals surface area contributed by atoms with Crippen LogP contribution in [-0.4, -0.2) is 19.0 Å². The lowest BCUT2D eigenvalue weighted by Gasteiger charge is -2.14. The summed E-state index contributed by atoms with van der Waals surface area (Å²) in [5.41, 5.74) is 5.46. The summed E-state index contributed by atoms with van der Waals surface area (Å²) < 4.78 is 0. The molecule has 2 N–H and O–H groups in total. The highest BCUT2D eigenvalue weighted by atomic mass is 15.2. The second kappa shape index (κ2) is 2.99. The van der Waals surface area contributed by atoms with Crippen LogP contribution >= 0.6 is 0 Å². The molecule has 0 bridgehead atoms. The molecule has 0 atom stereocenters. The standard InChI is InChI=1S/C5H13N2/c1-4-5(6)7(2)3/h4,6H2,1-3H3. The Labute approximate surface area is 45.3 Å². The summed E-state index contributed by atoms with van der Waals surface area (Å²) in [4.78, 5) is 1.92. The molecule has 0 aliphatic rings. The SMILES string of the molecule is CC[C](N)N(C)C. The molecule has 0 saturated carbocycles. The predicted octanol–water partition coefficient (Wildman–Crippen LogP) is 0.406. The van der Waals surface area contributed by atoms with E-state index in [0.717, 1.165) is 12.6 Å². The zero-order valence-electron chi connectivity index (χ0n) is 5.23. The monoisotopic (exact) mass is 101 g/mol. The van der Waals surface area contributed by atoms with Crippen LogP contribution in [0.2, 0.25) is 0 Å². The molecule has 1 radical (unpaired) electrons. The lowest BCUT2D eigenvalue weighted by Crippen LogP contribution is -2.26. The molecule has 43 valence electrons. The average Bonchev–Trinajstić information content (AvgIpc) is 1.65. The first-order valence-electron chi connectivity index (χ1n) is 2.47. The Balaban J connectivity index is 3.14. The highest BCUT2D eigenvalue weighted by Crippen LogP contribution is 1.96. The van der Waals surface area contributed by atoms with Gasteiger partial charge in [-0.25, -0.2) is 0 Å². The minimum atomic E-state index is 0.931. The Kier molecular flexibility index (Phi) is 2.96. The highest BCUT2D eigenvalue weighted by Gasteiger charge is 1.99. The van der Waals surface area contributed by atoms with E-state index >= 15 is 0 Å². The Morgan fingerprint density at radius 3 is 2.00 bits per heavy atom. The van der Waals surface area contributed by atoms with Crippen molar-refractivity contribution in [2.24, 2.45) is 5.73 Å². The Morgan fingerprint density at radius 1 is 1.57 bits per heavy atom. The second-order valence-electron chi connectivity index (χ2n) is 1.74. The molecule has 0 aliphatic carbocycles. The minimum absolute atomic E-state index is 0.931. The third kappa shape index (κ3) is 2.60. The van der Waals surface area contributed by atoms with Gasteiger partial charge in [-0.3, -0.25) is 4.90 Å². The van der Waals surface area contributed by atoms with Crippen LogP contribution in [0.3, 0.4) is 0 Å². The van der Waals surface area contributed by atoms with Crippen LogP contribution in [0.5, 0.6) is 0 Å². The summed E-state index contributed by atoms with van der Waals surface area (Å²) in [7, 11) is 3.89. The smallest absolute Gasteiger partial charge is 0.100 e. The largest absolute Gasteiger partial charge is 0.310 e. The molecule has 0 aromatic rings. The molecule has 7 heavy (non-hydrogen) atoms. The second-order valence-corrected chi connectivity index (χ2v) is 1.74. The third-order valence-corrected chi connectivity index (χ3v) is 0.937. The van der Waals surface area contributed by atoms with Crippen LogP contribution in [0.25, 0.3) is 0 Å². The zero-order chi connectivity index (χ0) is 5.86.